The molecule has 0 saturated carbocycles. The molecule has 0 fully saturated rings. The Morgan fingerprint density at radius 3 is 2.67 bits per heavy atom. The van der Waals surface area contributed by atoms with Gasteiger partial charge in [0.05, 0.1) is 11.3 Å². The number of carboxylic acid groups (broad SMARTS) is 1. The van der Waals surface area contributed by atoms with Crippen molar-refractivity contribution in [3.8, 4) is 0 Å². The fourth-order valence-corrected chi connectivity index (χ4v) is 1.12. The Bertz CT molecular complexity index is 290. The second-order valence-electron chi connectivity index (χ2n) is 2.07. The number of halogens is 1. The molecule has 5 heteroatoms. The summed E-state index contributed by atoms with van der Waals surface area (Å²) >= 11 is 1.88. The Kier molecular flexibility index (Phi) is 3.30. The molecule has 0 aliphatic carbocycles. The molecule has 4 nitrogen and oxygen atoms in total. The van der Waals surface area contributed by atoms with Crippen LogP contribution in [0.5, 0.6) is 0 Å². The normalized spacial score (nSPS) is 9.42. The van der Waals surface area contributed by atoms with Crippen LogP contribution in [-0.4, -0.2) is 11.1 Å². The van der Waals surface area contributed by atoms with E-state index in [4.69, 9.17) is 5.11 Å². The number of carbonyl (C=O) groups is 1. The van der Waals surface area contributed by atoms with E-state index in [1.165, 1.54) is 0 Å². The summed E-state index contributed by atoms with van der Waals surface area (Å²) in [6.07, 6.45) is 0. The van der Waals surface area contributed by atoms with Crippen LogP contribution in [0.3, 0.4) is 0 Å². The van der Waals surface area contributed by atoms with E-state index in [0.29, 0.717) is 5.69 Å². The number of aromatic carboxylic acids is 1. The van der Waals surface area contributed by atoms with Gasteiger partial charge in [-0.2, -0.15) is 3.64 Å². The van der Waals surface area contributed by atoms with E-state index in [1.807, 2.05) is 22.9 Å². The summed E-state index contributed by atoms with van der Waals surface area (Å²) in [6, 6.07) is 6.68. The molecule has 0 aliphatic rings. The van der Waals surface area contributed by atoms with Crippen molar-refractivity contribution in [3.63, 3.8) is 0 Å². The van der Waals surface area contributed by atoms with Crippen molar-refractivity contribution >= 4 is 34.5 Å². The smallest absolute Gasteiger partial charge is 0.337 e. The molecule has 0 aliphatic heterocycles. The van der Waals surface area contributed by atoms with Gasteiger partial charge in [0, 0.05) is 22.9 Å². The summed E-state index contributed by atoms with van der Waals surface area (Å²) in [5.41, 5.74) is 3.52. The van der Waals surface area contributed by atoms with E-state index in [1.54, 1.807) is 24.3 Å². The molecule has 0 spiro atoms. The van der Waals surface area contributed by atoms with Gasteiger partial charge in [-0.1, -0.05) is 12.1 Å². The number of hydrogen-bond acceptors (Lipinski definition) is 3. The lowest BCUT2D eigenvalue weighted by atomic mass is 10.2. The molecule has 0 radical (unpaired) electrons. The minimum atomic E-state index is -0.940. The molecule has 0 aromatic heterocycles. The van der Waals surface area contributed by atoms with Crippen molar-refractivity contribution in [2.45, 2.75) is 0 Å². The van der Waals surface area contributed by atoms with Crippen LogP contribution in [0.15, 0.2) is 24.3 Å². The predicted molar refractivity (Wildman–Crippen MR) is 54.2 cm³/mol. The SMILES string of the molecule is O=C(O)c1ccccc1NNI. The molecular weight excluding hydrogens is 271 g/mol. The van der Waals surface area contributed by atoms with Crippen LogP contribution in [0.2, 0.25) is 0 Å². The van der Waals surface area contributed by atoms with E-state index in [-0.39, 0.29) is 5.56 Å². The second-order valence-corrected chi connectivity index (χ2v) is 2.61. The molecule has 0 atom stereocenters. The third-order valence-electron chi connectivity index (χ3n) is 1.34. The average molecular weight is 278 g/mol. The summed E-state index contributed by atoms with van der Waals surface area (Å²) in [5.74, 6) is -0.940. The van der Waals surface area contributed by atoms with Gasteiger partial charge in [-0.3, -0.25) is 0 Å². The van der Waals surface area contributed by atoms with Gasteiger partial charge >= 0.3 is 5.97 Å². The number of nitrogens with one attached hydrogen (secondary N) is 2. The maximum absolute atomic E-state index is 10.6. The number of hydrogen-bond donors (Lipinski definition) is 3. The van der Waals surface area contributed by atoms with Gasteiger partial charge in [0.1, 0.15) is 0 Å². The van der Waals surface area contributed by atoms with Crippen molar-refractivity contribution in [2.75, 3.05) is 5.43 Å². The summed E-state index contributed by atoms with van der Waals surface area (Å²) in [6.45, 7) is 0. The van der Waals surface area contributed by atoms with Gasteiger partial charge in [0.15, 0.2) is 0 Å². The predicted octanol–water partition coefficient (Wildman–Crippen LogP) is 1.65. The molecule has 64 valence electrons. The van der Waals surface area contributed by atoms with E-state index < -0.39 is 5.97 Å². The van der Waals surface area contributed by atoms with Gasteiger partial charge in [0.25, 0.3) is 0 Å². The fourth-order valence-electron chi connectivity index (χ4n) is 0.830. The number of hydrazine groups is 1. The molecule has 12 heavy (non-hydrogen) atoms. The maximum Gasteiger partial charge on any atom is 0.337 e. The number of rotatable bonds is 3. The van der Waals surface area contributed by atoms with Gasteiger partial charge in [-0.15, -0.1) is 0 Å². The van der Waals surface area contributed by atoms with Crippen LogP contribution in [-0.2, 0) is 0 Å². The summed E-state index contributed by atoms with van der Waals surface area (Å²) in [4.78, 5) is 10.6. The van der Waals surface area contributed by atoms with Crippen molar-refractivity contribution in [1.82, 2.24) is 3.64 Å². The zero-order valence-corrected chi connectivity index (χ0v) is 8.20. The standard InChI is InChI=1S/C7H7IN2O2/c8-10-9-6-4-2-1-3-5(6)7(11)12/h1-4,9-10H,(H,11,12). The molecule has 1 aromatic carbocycles. The van der Waals surface area contributed by atoms with Gasteiger partial charge in [0.2, 0.25) is 0 Å². The first-order valence-corrected chi connectivity index (χ1v) is 4.27. The van der Waals surface area contributed by atoms with Crippen LogP contribution in [0.25, 0.3) is 0 Å². The van der Waals surface area contributed by atoms with Crippen molar-refractivity contribution in [1.29, 1.82) is 0 Å². The molecule has 0 saturated heterocycles. The largest absolute Gasteiger partial charge is 0.478 e. The van der Waals surface area contributed by atoms with E-state index in [2.05, 4.69) is 9.06 Å². The molecule has 1 rings (SSSR count). The molecular formula is C7H7IN2O2. The van der Waals surface area contributed by atoms with Crippen molar-refractivity contribution in [2.24, 2.45) is 0 Å². The highest BCUT2D eigenvalue weighted by molar-refractivity contribution is 14.1. The van der Waals surface area contributed by atoms with Crippen molar-refractivity contribution < 1.29 is 9.90 Å². The molecule has 0 bridgehead atoms. The van der Waals surface area contributed by atoms with Gasteiger partial charge in [-0.05, 0) is 12.1 Å². The summed E-state index contributed by atoms with van der Waals surface area (Å²) < 4.78 is 2.64. The number of benzene rings is 1. The molecule has 3 N–H and O–H groups in total. The minimum absolute atomic E-state index is 0.252. The second kappa shape index (κ2) is 4.27. The molecule has 0 unspecified atom stereocenters. The zero-order valence-electron chi connectivity index (χ0n) is 6.04. The topological polar surface area (TPSA) is 61.4 Å². The first-order chi connectivity index (χ1) is 5.75. The lowest BCUT2D eigenvalue weighted by molar-refractivity contribution is 0.0698. The van der Waals surface area contributed by atoms with Crippen LogP contribution in [0.4, 0.5) is 5.69 Å². The molecule has 0 amide bonds. The average Bonchev–Trinajstić information content (AvgIpc) is 2.05. The highest BCUT2D eigenvalue weighted by atomic mass is 127. The zero-order chi connectivity index (χ0) is 8.97. The molecule has 1 aromatic rings. The highest BCUT2D eigenvalue weighted by Gasteiger charge is 2.06. The first-order valence-electron chi connectivity index (χ1n) is 3.19. The number of carboxylic acids is 1. The Morgan fingerprint density at radius 1 is 1.42 bits per heavy atom. The van der Waals surface area contributed by atoms with Crippen LogP contribution >= 0.6 is 22.9 Å². The lowest BCUT2D eigenvalue weighted by Crippen LogP contribution is -2.11. The third-order valence-corrected chi connectivity index (χ3v) is 1.61. The van der Waals surface area contributed by atoms with E-state index in [9.17, 15) is 4.79 Å². The van der Waals surface area contributed by atoms with Crippen LogP contribution < -0.4 is 9.06 Å². The molecule has 0 heterocycles. The fraction of sp³-hybridized carbons (Fsp3) is 0. The summed E-state index contributed by atoms with van der Waals surface area (Å²) in [5, 5.41) is 8.72. The quantitative estimate of drug-likeness (QED) is 0.447. The van der Waals surface area contributed by atoms with E-state index in [0.717, 1.165) is 0 Å². The Hall–Kier alpha value is -0.820. The van der Waals surface area contributed by atoms with Crippen LogP contribution in [0.1, 0.15) is 10.4 Å². The summed E-state index contributed by atoms with van der Waals surface area (Å²) in [7, 11) is 0. The number of anilines is 1. The Balaban J connectivity index is 3.00. The first kappa shape index (κ1) is 9.27. The van der Waals surface area contributed by atoms with Gasteiger partial charge < -0.3 is 10.5 Å². The van der Waals surface area contributed by atoms with Crippen molar-refractivity contribution in [3.05, 3.63) is 29.8 Å². The third kappa shape index (κ3) is 2.08. The monoisotopic (exact) mass is 278 g/mol. The Morgan fingerprint density at radius 2 is 2.08 bits per heavy atom. The van der Waals surface area contributed by atoms with E-state index >= 15 is 0 Å². The highest BCUT2D eigenvalue weighted by Crippen LogP contribution is 2.13. The van der Waals surface area contributed by atoms with Gasteiger partial charge in [-0.25, -0.2) is 4.79 Å². The maximum atomic E-state index is 10.6. The Labute approximate surface area is 83.4 Å². The minimum Gasteiger partial charge on any atom is -0.478 e. The lowest BCUT2D eigenvalue weighted by Gasteiger charge is -2.05. The van der Waals surface area contributed by atoms with Crippen LogP contribution in [0, 0.1) is 0 Å². The number of para-hydroxylation sites is 1.